The van der Waals surface area contributed by atoms with E-state index in [1.165, 1.54) is 0 Å². The fourth-order valence-corrected chi connectivity index (χ4v) is 2.40. The van der Waals surface area contributed by atoms with Crippen molar-refractivity contribution in [3.63, 3.8) is 0 Å². The summed E-state index contributed by atoms with van der Waals surface area (Å²) < 4.78 is 11.4. The SMILES string of the molecule is CCCOc1ccccc1C(O)C1(C)CCCO1. The van der Waals surface area contributed by atoms with Crippen LogP contribution in [-0.4, -0.2) is 23.9 Å². The minimum atomic E-state index is -0.631. The Kier molecular flexibility index (Phi) is 4.25. The minimum absolute atomic E-state index is 0.480. The number of benzene rings is 1. The molecule has 1 aromatic rings. The first-order valence-electron chi connectivity index (χ1n) is 6.71. The first kappa shape index (κ1) is 13.4. The Morgan fingerprint density at radius 3 is 2.89 bits per heavy atom. The van der Waals surface area contributed by atoms with Gasteiger partial charge in [0.2, 0.25) is 0 Å². The minimum Gasteiger partial charge on any atom is -0.493 e. The zero-order chi connectivity index (χ0) is 13.0. The zero-order valence-electron chi connectivity index (χ0n) is 11.2. The molecule has 2 unspecified atom stereocenters. The van der Waals surface area contributed by atoms with Crippen molar-refractivity contribution in [1.29, 1.82) is 0 Å². The van der Waals surface area contributed by atoms with Crippen LogP contribution in [0.1, 0.15) is 44.8 Å². The smallest absolute Gasteiger partial charge is 0.125 e. The van der Waals surface area contributed by atoms with E-state index in [9.17, 15) is 5.11 Å². The van der Waals surface area contributed by atoms with E-state index in [0.717, 1.165) is 37.2 Å². The Hall–Kier alpha value is -1.06. The molecule has 1 fully saturated rings. The Morgan fingerprint density at radius 2 is 2.22 bits per heavy atom. The lowest BCUT2D eigenvalue weighted by molar-refractivity contribution is -0.0804. The van der Waals surface area contributed by atoms with Gasteiger partial charge in [-0.25, -0.2) is 0 Å². The van der Waals surface area contributed by atoms with E-state index in [2.05, 4.69) is 6.92 Å². The largest absolute Gasteiger partial charge is 0.493 e. The van der Waals surface area contributed by atoms with Crippen LogP contribution in [0.3, 0.4) is 0 Å². The van der Waals surface area contributed by atoms with Gasteiger partial charge >= 0.3 is 0 Å². The fourth-order valence-electron chi connectivity index (χ4n) is 2.40. The highest BCUT2D eigenvalue weighted by Crippen LogP contribution is 2.40. The number of hydrogen-bond donors (Lipinski definition) is 1. The van der Waals surface area contributed by atoms with Crippen LogP contribution in [0, 0.1) is 0 Å². The molecular weight excluding hydrogens is 228 g/mol. The molecule has 1 aliphatic rings. The van der Waals surface area contributed by atoms with Crippen molar-refractivity contribution in [2.24, 2.45) is 0 Å². The highest BCUT2D eigenvalue weighted by Gasteiger charge is 2.39. The van der Waals surface area contributed by atoms with E-state index in [0.29, 0.717) is 6.61 Å². The van der Waals surface area contributed by atoms with Gasteiger partial charge in [0.05, 0.1) is 12.2 Å². The molecule has 1 heterocycles. The topological polar surface area (TPSA) is 38.7 Å². The van der Waals surface area contributed by atoms with Crippen LogP contribution in [0.15, 0.2) is 24.3 Å². The molecule has 0 aliphatic carbocycles. The summed E-state index contributed by atoms with van der Waals surface area (Å²) in [4.78, 5) is 0. The molecular formula is C15H22O3. The highest BCUT2D eigenvalue weighted by atomic mass is 16.5. The van der Waals surface area contributed by atoms with Crippen LogP contribution < -0.4 is 4.74 Å². The summed E-state index contributed by atoms with van der Waals surface area (Å²) in [7, 11) is 0. The monoisotopic (exact) mass is 250 g/mol. The van der Waals surface area contributed by atoms with Gasteiger partial charge in [-0.15, -0.1) is 0 Å². The number of rotatable bonds is 5. The summed E-state index contributed by atoms with van der Waals surface area (Å²) in [6.45, 7) is 5.44. The van der Waals surface area contributed by atoms with Crippen molar-refractivity contribution in [2.75, 3.05) is 13.2 Å². The second-order valence-corrected chi connectivity index (χ2v) is 5.05. The number of ether oxygens (including phenoxy) is 2. The van der Waals surface area contributed by atoms with Gasteiger partial charge in [-0.05, 0) is 32.3 Å². The van der Waals surface area contributed by atoms with Gasteiger partial charge in [0.1, 0.15) is 11.9 Å². The van der Waals surface area contributed by atoms with E-state index in [1.54, 1.807) is 0 Å². The molecule has 2 rings (SSSR count). The van der Waals surface area contributed by atoms with Crippen molar-refractivity contribution >= 4 is 0 Å². The van der Waals surface area contributed by atoms with Crippen LogP contribution in [0.4, 0.5) is 0 Å². The molecule has 0 spiro atoms. The lowest BCUT2D eigenvalue weighted by Gasteiger charge is -2.30. The normalized spacial score (nSPS) is 25.1. The highest BCUT2D eigenvalue weighted by molar-refractivity contribution is 5.36. The molecule has 1 saturated heterocycles. The Balaban J connectivity index is 2.21. The van der Waals surface area contributed by atoms with Crippen molar-refractivity contribution in [3.05, 3.63) is 29.8 Å². The third-order valence-electron chi connectivity index (χ3n) is 3.50. The Morgan fingerprint density at radius 1 is 1.44 bits per heavy atom. The molecule has 1 aliphatic heterocycles. The molecule has 18 heavy (non-hydrogen) atoms. The third-order valence-corrected chi connectivity index (χ3v) is 3.50. The third kappa shape index (κ3) is 2.68. The number of para-hydroxylation sites is 1. The average Bonchev–Trinajstić information content (AvgIpc) is 2.84. The van der Waals surface area contributed by atoms with Crippen molar-refractivity contribution in [2.45, 2.75) is 44.8 Å². The van der Waals surface area contributed by atoms with Gasteiger partial charge in [-0.3, -0.25) is 0 Å². The molecule has 0 aromatic heterocycles. The molecule has 3 nitrogen and oxygen atoms in total. The fraction of sp³-hybridized carbons (Fsp3) is 0.600. The molecule has 3 heteroatoms. The van der Waals surface area contributed by atoms with Crippen molar-refractivity contribution in [1.82, 2.24) is 0 Å². The van der Waals surface area contributed by atoms with Crippen LogP contribution in [0.5, 0.6) is 5.75 Å². The lowest BCUT2D eigenvalue weighted by atomic mass is 9.90. The van der Waals surface area contributed by atoms with Gasteiger partial charge in [-0.1, -0.05) is 25.1 Å². The number of aliphatic hydroxyl groups excluding tert-OH is 1. The van der Waals surface area contributed by atoms with Gasteiger partial charge in [0.15, 0.2) is 0 Å². The second kappa shape index (κ2) is 5.72. The first-order valence-corrected chi connectivity index (χ1v) is 6.71. The lowest BCUT2D eigenvalue weighted by Crippen LogP contribution is -2.32. The van der Waals surface area contributed by atoms with Gasteiger partial charge in [-0.2, -0.15) is 0 Å². The summed E-state index contributed by atoms with van der Waals surface area (Å²) in [6.07, 6.45) is 2.22. The predicted molar refractivity (Wildman–Crippen MR) is 70.8 cm³/mol. The van der Waals surface area contributed by atoms with E-state index in [1.807, 2.05) is 31.2 Å². The first-order chi connectivity index (χ1) is 8.67. The zero-order valence-corrected chi connectivity index (χ0v) is 11.2. The Labute approximate surface area is 109 Å². The maximum atomic E-state index is 10.6. The summed E-state index contributed by atoms with van der Waals surface area (Å²) in [5.41, 5.74) is 0.349. The maximum absolute atomic E-state index is 10.6. The van der Waals surface area contributed by atoms with E-state index in [4.69, 9.17) is 9.47 Å². The molecule has 0 bridgehead atoms. The van der Waals surface area contributed by atoms with Gasteiger partial charge < -0.3 is 14.6 Å². The van der Waals surface area contributed by atoms with E-state index < -0.39 is 11.7 Å². The molecule has 0 saturated carbocycles. The number of hydrogen-bond acceptors (Lipinski definition) is 3. The van der Waals surface area contributed by atoms with Crippen LogP contribution in [0.25, 0.3) is 0 Å². The van der Waals surface area contributed by atoms with Crippen LogP contribution in [-0.2, 0) is 4.74 Å². The van der Waals surface area contributed by atoms with Crippen LogP contribution in [0.2, 0.25) is 0 Å². The molecule has 100 valence electrons. The summed E-state index contributed by atoms with van der Waals surface area (Å²) in [6, 6.07) is 7.68. The quantitative estimate of drug-likeness (QED) is 0.872. The number of aliphatic hydroxyl groups is 1. The predicted octanol–water partition coefficient (Wildman–Crippen LogP) is 3.08. The molecule has 1 N–H and O–H groups in total. The van der Waals surface area contributed by atoms with Crippen molar-refractivity contribution < 1.29 is 14.6 Å². The second-order valence-electron chi connectivity index (χ2n) is 5.05. The van der Waals surface area contributed by atoms with E-state index >= 15 is 0 Å². The van der Waals surface area contributed by atoms with Crippen molar-refractivity contribution in [3.8, 4) is 5.75 Å². The summed E-state index contributed by atoms with van der Waals surface area (Å²) in [5.74, 6) is 0.767. The summed E-state index contributed by atoms with van der Waals surface area (Å²) in [5, 5.41) is 10.6. The molecule has 2 atom stereocenters. The standard InChI is InChI=1S/C15H22O3/c1-3-10-17-13-8-5-4-7-12(13)14(16)15(2)9-6-11-18-15/h4-5,7-8,14,16H,3,6,9-11H2,1-2H3. The molecule has 0 amide bonds. The molecule has 0 radical (unpaired) electrons. The molecule has 1 aromatic carbocycles. The van der Waals surface area contributed by atoms with E-state index in [-0.39, 0.29) is 0 Å². The average molecular weight is 250 g/mol. The van der Waals surface area contributed by atoms with Gasteiger partial charge in [0.25, 0.3) is 0 Å². The maximum Gasteiger partial charge on any atom is 0.125 e. The van der Waals surface area contributed by atoms with Crippen LogP contribution >= 0.6 is 0 Å². The summed E-state index contributed by atoms with van der Waals surface area (Å²) >= 11 is 0. The Bertz CT molecular complexity index is 383. The van der Waals surface area contributed by atoms with Gasteiger partial charge in [0, 0.05) is 12.2 Å².